The molecule has 2 aromatic rings. The van der Waals surface area contributed by atoms with Gasteiger partial charge in [0.1, 0.15) is 6.54 Å². The molecule has 0 bridgehead atoms. The molecule has 1 heterocycles. The van der Waals surface area contributed by atoms with E-state index in [1.54, 1.807) is 6.20 Å². The molecule has 0 fully saturated rings. The van der Waals surface area contributed by atoms with E-state index in [-0.39, 0.29) is 5.78 Å². The van der Waals surface area contributed by atoms with Gasteiger partial charge in [-0.15, -0.1) is 0 Å². The maximum atomic E-state index is 11.9. The average molecular weight is 203 g/mol. The lowest BCUT2D eigenvalue weighted by Crippen LogP contribution is -3.06. The minimum absolute atomic E-state index is 0.187. The Hall–Kier alpha value is -1.61. The normalized spacial score (nSPS) is 11.1. The third-order valence-electron chi connectivity index (χ3n) is 2.40. The summed E-state index contributed by atoms with van der Waals surface area (Å²) >= 11 is 0. The third kappa shape index (κ3) is 1.92. The zero-order valence-corrected chi connectivity index (χ0v) is 9.00. The SMILES string of the molecule is C[NH+](C)CC(=O)c1c[nH]c2ccccc12. The quantitative estimate of drug-likeness (QED) is 0.700. The van der Waals surface area contributed by atoms with Crippen molar-refractivity contribution in [2.45, 2.75) is 0 Å². The fourth-order valence-electron chi connectivity index (χ4n) is 1.72. The van der Waals surface area contributed by atoms with Crippen molar-refractivity contribution >= 4 is 16.7 Å². The molecule has 1 aromatic heterocycles. The van der Waals surface area contributed by atoms with Crippen molar-refractivity contribution in [1.82, 2.24) is 4.98 Å². The zero-order valence-electron chi connectivity index (χ0n) is 9.00. The van der Waals surface area contributed by atoms with E-state index in [1.807, 2.05) is 38.4 Å². The molecule has 0 aliphatic rings. The molecule has 0 aliphatic heterocycles. The monoisotopic (exact) mass is 203 g/mol. The maximum Gasteiger partial charge on any atom is 0.218 e. The molecule has 0 radical (unpaired) electrons. The molecule has 0 unspecified atom stereocenters. The molecule has 2 rings (SSSR count). The molecule has 0 amide bonds. The summed E-state index contributed by atoms with van der Waals surface area (Å²) in [6.45, 7) is 0.530. The number of rotatable bonds is 3. The molecule has 0 atom stereocenters. The maximum absolute atomic E-state index is 11.9. The molecule has 2 N–H and O–H groups in total. The van der Waals surface area contributed by atoms with Crippen LogP contribution in [0.3, 0.4) is 0 Å². The predicted molar refractivity (Wildman–Crippen MR) is 60.3 cm³/mol. The summed E-state index contributed by atoms with van der Waals surface area (Å²) in [4.78, 5) is 16.1. The first-order valence-corrected chi connectivity index (χ1v) is 5.07. The van der Waals surface area contributed by atoms with Gasteiger partial charge in [0.25, 0.3) is 0 Å². The van der Waals surface area contributed by atoms with Gasteiger partial charge in [-0.1, -0.05) is 18.2 Å². The van der Waals surface area contributed by atoms with Crippen LogP contribution in [-0.4, -0.2) is 31.4 Å². The van der Waals surface area contributed by atoms with Crippen molar-refractivity contribution in [3.05, 3.63) is 36.0 Å². The van der Waals surface area contributed by atoms with Crippen molar-refractivity contribution in [2.75, 3.05) is 20.6 Å². The zero-order chi connectivity index (χ0) is 10.8. The number of H-pyrrole nitrogens is 1. The third-order valence-corrected chi connectivity index (χ3v) is 2.40. The highest BCUT2D eigenvalue weighted by Crippen LogP contribution is 2.17. The summed E-state index contributed by atoms with van der Waals surface area (Å²) in [5.74, 6) is 0.187. The Kier molecular flexibility index (Phi) is 2.56. The fourth-order valence-corrected chi connectivity index (χ4v) is 1.72. The molecule has 3 heteroatoms. The number of quaternary nitrogens is 1. The summed E-state index contributed by atoms with van der Waals surface area (Å²) in [5.41, 5.74) is 1.82. The van der Waals surface area contributed by atoms with E-state index in [1.165, 1.54) is 0 Å². The molecule has 0 aliphatic carbocycles. The van der Waals surface area contributed by atoms with Crippen LogP contribution in [0.2, 0.25) is 0 Å². The summed E-state index contributed by atoms with van der Waals surface area (Å²) in [6.07, 6.45) is 1.80. The number of aromatic nitrogens is 1. The summed E-state index contributed by atoms with van der Waals surface area (Å²) in [5, 5.41) is 1.02. The lowest BCUT2D eigenvalue weighted by Gasteiger charge is -2.04. The second-order valence-electron chi connectivity index (χ2n) is 4.05. The van der Waals surface area contributed by atoms with Gasteiger partial charge >= 0.3 is 0 Å². The van der Waals surface area contributed by atoms with E-state index < -0.39 is 0 Å². The minimum Gasteiger partial charge on any atom is -0.360 e. The number of aromatic amines is 1. The Morgan fingerprint density at radius 2 is 2.07 bits per heavy atom. The first-order chi connectivity index (χ1) is 7.18. The van der Waals surface area contributed by atoms with Crippen molar-refractivity contribution in [2.24, 2.45) is 0 Å². The Balaban J connectivity index is 2.40. The number of Topliss-reactive ketones (excluding diaryl/α,β-unsaturated/α-hetero) is 1. The minimum atomic E-state index is 0.187. The van der Waals surface area contributed by atoms with Crippen LogP contribution < -0.4 is 4.90 Å². The summed E-state index contributed by atoms with van der Waals surface area (Å²) in [7, 11) is 3.96. The van der Waals surface area contributed by atoms with Gasteiger partial charge in [-0.05, 0) is 6.07 Å². The highest BCUT2D eigenvalue weighted by molar-refractivity contribution is 6.08. The first-order valence-electron chi connectivity index (χ1n) is 5.07. The Morgan fingerprint density at radius 3 is 2.80 bits per heavy atom. The molecule has 0 saturated heterocycles. The second-order valence-corrected chi connectivity index (χ2v) is 4.05. The van der Waals surface area contributed by atoms with Crippen LogP contribution in [0.4, 0.5) is 0 Å². The van der Waals surface area contributed by atoms with Gasteiger partial charge < -0.3 is 9.88 Å². The number of benzene rings is 1. The number of carbonyl (C=O) groups excluding carboxylic acids is 1. The topological polar surface area (TPSA) is 37.3 Å². The van der Waals surface area contributed by atoms with Gasteiger partial charge in [0.05, 0.1) is 14.1 Å². The lowest BCUT2D eigenvalue weighted by atomic mass is 10.1. The Labute approximate surface area is 88.7 Å². The van der Waals surface area contributed by atoms with Crippen molar-refractivity contribution in [3.8, 4) is 0 Å². The van der Waals surface area contributed by atoms with Crippen molar-refractivity contribution in [3.63, 3.8) is 0 Å². The highest BCUT2D eigenvalue weighted by atomic mass is 16.1. The Morgan fingerprint density at radius 1 is 1.33 bits per heavy atom. The van der Waals surface area contributed by atoms with Gasteiger partial charge in [-0.2, -0.15) is 0 Å². The standard InChI is InChI=1S/C12H14N2O/c1-14(2)8-12(15)10-7-13-11-6-4-3-5-9(10)11/h3-7,13H,8H2,1-2H3/p+1. The number of para-hydroxylation sites is 1. The molecule has 0 saturated carbocycles. The molecular formula is C12H15N2O+. The van der Waals surface area contributed by atoms with E-state index in [0.717, 1.165) is 21.4 Å². The number of carbonyl (C=O) groups is 1. The van der Waals surface area contributed by atoms with Crippen LogP contribution in [0.15, 0.2) is 30.5 Å². The molecule has 1 aromatic carbocycles. The van der Waals surface area contributed by atoms with E-state index in [4.69, 9.17) is 0 Å². The van der Waals surface area contributed by atoms with E-state index in [0.29, 0.717) is 6.54 Å². The lowest BCUT2D eigenvalue weighted by molar-refractivity contribution is -0.848. The van der Waals surface area contributed by atoms with Crippen LogP contribution >= 0.6 is 0 Å². The van der Waals surface area contributed by atoms with Gasteiger partial charge in [-0.25, -0.2) is 0 Å². The number of hydrogen-bond donors (Lipinski definition) is 2. The number of nitrogens with one attached hydrogen (secondary N) is 2. The van der Waals surface area contributed by atoms with Crippen LogP contribution in [0.1, 0.15) is 10.4 Å². The fraction of sp³-hybridized carbons (Fsp3) is 0.250. The van der Waals surface area contributed by atoms with Crippen LogP contribution in [0.25, 0.3) is 10.9 Å². The molecular weight excluding hydrogens is 188 g/mol. The number of ketones is 1. The van der Waals surface area contributed by atoms with Crippen molar-refractivity contribution < 1.29 is 9.69 Å². The molecule has 78 valence electrons. The van der Waals surface area contributed by atoms with Crippen LogP contribution in [-0.2, 0) is 0 Å². The van der Waals surface area contributed by atoms with Gasteiger partial charge in [0.15, 0.2) is 0 Å². The highest BCUT2D eigenvalue weighted by Gasteiger charge is 2.13. The van der Waals surface area contributed by atoms with Crippen LogP contribution in [0.5, 0.6) is 0 Å². The second kappa shape index (κ2) is 3.87. The van der Waals surface area contributed by atoms with E-state index in [9.17, 15) is 4.79 Å². The molecule has 15 heavy (non-hydrogen) atoms. The molecule has 3 nitrogen and oxygen atoms in total. The van der Waals surface area contributed by atoms with E-state index in [2.05, 4.69) is 4.98 Å². The van der Waals surface area contributed by atoms with E-state index >= 15 is 0 Å². The van der Waals surface area contributed by atoms with Gasteiger partial charge in [0.2, 0.25) is 5.78 Å². The smallest absolute Gasteiger partial charge is 0.218 e. The van der Waals surface area contributed by atoms with Crippen LogP contribution in [0, 0.1) is 0 Å². The summed E-state index contributed by atoms with van der Waals surface area (Å²) in [6, 6.07) is 7.87. The number of likely N-dealkylation sites (N-methyl/N-ethyl adjacent to an activating group) is 1. The van der Waals surface area contributed by atoms with Gasteiger partial charge in [-0.3, -0.25) is 4.79 Å². The predicted octanol–water partition coefficient (Wildman–Crippen LogP) is 0.495. The largest absolute Gasteiger partial charge is 0.360 e. The van der Waals surface area contributed by atoms with Crippen molar-refractivity contribution in [1.29, 1.82) is 0 Å². The number of hydrogen-bond acceptors (Lipinski definition) is 1. The average Bonchev–Trinajstić information content (AvgIpc) is 2.59. The molecule has 0 spiro atoms. The number of fused-ring (bicyclic) bond motifs is 1. The van der Waals surface area contributed by atoms with Gasteiger partial charge in [0, 0.05) is 22.7 Å². The Bertz CT molecular complexity index is 485. The first kappa shape index (κ1) is 9.93. The summed E-state index contributed by atoms with van der Waals surface area (Å²) < 4.78 is 0.